The maximum absolute atomic E-state index is 11.8. The zero-order chi connectivity index (χ0) is 12.4. The van der Waals surface area contributed by atoms with Gasteiger partial charge in [-0.3, -0.25) is 14.4 Å². The van der Waals surface area contributed by atoms with Crippen molar-refractivity contribution in [2.45, 2.75) is 31.3 Å². The first-order chi connectivity index (χ1) is 8.08. The zero-order valence-electron chi connectivity index (χ0n) is 9.14. The fourth-order valence-electron chi connectivity index (χ4n) is 2.24. The highest BCUT2D eigenvalue weighted by Crippen LogP contribution is 2.26. The van der Waals surface area contributed by atoms with Crippen LogP contribution in [-0.2, 0) is 9.59 Å². The summed E-state index contributed by atoms with van der Waals surface area (Å²) in [6.07, 6.45) is 2.11. The predicted octanol–water partition coefficient (Wildman–Crippen LogP) is 0.181. The van der Waals surface area contributed by atoms with Crippen LogP contribution in [0, 0.1) is 5.92 Å². The van der Waals surface area contributed by atoms with Gasteiger partial charge in [0.2, 0.25) is 5.91 Å². The van der Waals surface area contributed by atoms with Crippen molar-refractivity contribution in [1.82, 2.24) is 10.6 Å². The highest BCUT2D eigenvalue weighted by Gasteiger charge is 2.36. The second kappa shape index (κ2) is 4.95. The quantitative estimate of drug-likeness (QED) is 0.671. The molecule has 2 rings (SSSR count). The summed E-state index contributed by atoms with van der Waals surface area (Å²) in [5.41, 5.74) is 0. The van der Waals surface area contributed by atoms with Crippen LogP contribution in [0.1, 0.15) is 19.3 Å². The van der Waals surface area contributed by atoms with E-state index in [1.54, 1.807) is 0 Å². The van der Waals surface area contributed by atoms with Crippen LogP contribution in [-0.4, -0.2) is 40.1 Å². The molecule has 2 fully saturated rings. The average molecular weight is 258 g/mol. The Morgan fingerprint density at radius 3 is 2.76 bits per heavy atom. The van der Waals surface area contributed by atoms with E-state index in [1.807, 2.05) is 0 Å². The number of hydrogen-bond donors (Lipinski definition) is 3. The number of hydrogen-bond acceptors (Lipinski definition) is 4. The third-order valence-corrected chi connectivity index (χ3v) is 4.03. The smallest absolute Gasteiger partial charge is 0.308 e. The molecule has 1 saturated heterocycles. The summed E-state index contributed by atoms with van der Waals surface area (Å²) in [7, 11) is 0. The molecule has 0 spiro atoms. The second-order valence-electron chi connectivity index (χ2n) is 4.29. The Bertz CT molecular complexity index is 360. The molecule has 94 valence electrons. The predicted molar refractivity (Wildman–Crippen MR) is 61.7 cm³/mol. The third kappa shape index (κ3) is 2.71. The summed E-state index contributed by atoms with van der Waals surface area (Å²) in [6, 6.07) is -0.829. The van der Waals surface area contributed by atoms with Crippen LogP contribution < -0.4 is 10.6 Å². The van der Waals surface area contributed by atoms with E-state index < -0.39 is 17.9 Å². The Hall–Kier alpha value is -1.24. The number of carboxylic acid groups (broad SMARTS) is 1. The largest absolute Gasteiger partial charge is 0.481 e. The van der Waals surface area contributed by atoms with Gasteiger partial charge in [-0.15, -0.1) is 0 Å². The SMILES string of the molecule is O=C1NC(C(=O)NC2CCCC2C(=O)O)CS1. The lowest BCUT2D eigenvalue weighted by molar-refractivity contribution is -0.142. The molecule has 1 saturated carbocycles. The number of carbonyl (C=O) groups is 3. The van der Waals surface area contributed by atoms with E-state index in [2.05, 4.69) is 10.6 Å². The Morgan fingerprint density at radius 2 is 2.18 bits per heavy atom. The lowest BCUT2D eigenvalue weighted by atomic mass is 10.0. The fourth-order valence-corrected chi connectivity index (χ4v) is 3.02. The van der Waals surface area contributed by atoms with E-state index in [-0.39, 0.29) is 17.2 Å². The lowest BCUT2D eigenvalue weighted by Gasteiger charge is -2.19. The van der Waals surface area contributed by atoms with Crippen LogP contribution in [0.3, 0.4) is 0 Å². The maximum Gasteiger partial charge on any atom is 0.308 e. The minimum atomic E-state index is -0.863. The molecular formula is C10H14N2O4S. The highest BCUT2D eigenvalue weighted by molar-refractivity contribution is 8.14. The average Bonchev–Trinajstić information content (AvgIpc) is 2.86. The van der Waals surface area contributed by atoms with Crippen molar-refractivity contribution < 1.29 is 19.5 Å². The zero-order valence-corrected chi connectivity index (χ0v) is 9.96. The van der Waals surface area contributed by atoms with Gasteiger partial charge >= 0.3 is 5.97 Å². The molecular weight excluding hydrogens is 244 g/mol. The van der Waals surface area contributed by atoms with Gasteiger partial charge < -0.3 is 15.7 Å². The van der Waals surface area contributed by atoms with Gasteiger partial charge in [-0.25, -0.2) is 0 Å². The number of carbonyl (C=O) groups excluding carboxylic acids is 2. The highest BCUT2D eigenvalue weighted by atomic mass is 32.2. The van der Waals surface area contributed by atoms with Gasteiger partial charge in [-0.2, -0.15) is 0 Å². The molecule has 0 aromatic heterocycles. The Labute approximate surface area is 103 Å². The van der Waals surface area contributed by atoms with Gasteiger partial charge in [-0.1, -0.05) is 18.2 Å². The first-order valence-electron chi connectivity index (χ1n) is 5.54. The number of thioether (sulfide) groups is 1. The van der Waals surface area contributed by atoms with E-state index in [0.717, 1.165) is 18.2 Å². The number of aliphatic carboxylic acids is 1. The monoisotopic (exact) mass is 258 g/mol. The van der Waals surface area contributed by atoms with E-state index in [4.69, 9.17) is 5.11 Å². The molecule has 7 heteroatoms. The van der Waals surface area contributed by atoms with Crippen LogP contribution in [0.4, 0.5) is 4.79 Å². The number of nitrogens with one attached hydrogen (secondary N) is 2. The van der Waals surface area contributed by atoms with Gasteiger partial charge in [0.15, 0.2) is 0 Å². The second-order valence-corrected chi connectivity index (χ2v) is 5.28. The third-order valence-electron chi connectivity index (χ3n) is 3.15. The van der Waals surface area contributed by atoms with Crippen molar-refractivity contribution in [2.75, 3.05) is 5.75 Å². The molecule has 1 heterocycles. The molecule has 6 nitrogen and oxygen atoms in total. The minimum absolute atomic E-state index is 0.202. The van der Waals surface area contributed by atoms with Crippen LogP contribution in [0.25, 0.3) is 0 Å². The van der Waals surface area contributed by atoms with E-state index in [1.165, 1.54) is 0 Å². The van der Waals surface area contributed by atoms with Crippen LogP contribution in [0.15, 0.2) is 0 Å². The minimum Gasteiger partial charge on any atom is -0.481 e. The van der Waals surface area contributed by atoms with E-state index in [9.17, 15) is 14.4 Å². The van der Waals surface area contributed by atoms with Crippen LogP contribution in [0.5, 0.6) is 0 Å². The fraction of sp³-hybridized carbons (Fsp3) is 0.700. The summed E-state index contributed by atoms with van der Waals surface area (Å²) in [5.74, 6) is -1.22. The number of rotatable bonds is 3. The summed E-state index contributed by atoms with van der Waals surface area (Å²) >= 11 is 1.07. The molecule has 3 N–H and O–H groups in total. The molecule has 3 atom stereocenters. The van der Waals surface area contributed by atoms with Gasteiger partial charge in [0, 0.05) is 11.8 Å². The van der Waals surface area contributed by atoms with Gasteiger partial charge in [0.25, 0.3) is 5.24 Å². The van der Waals surface area contributed by atoms with Crippen LogP contribution >= 0.6 is 11.8 Å². The first kappa shape index (κ1) is 12.2. The molecule has 17 heavy (non-hydrogen) atoms. The normalized spacial score (nSPS) is 32.2. The van der Waals surface area contributed by atoms with Crippen LogP contribution in [0.2, 0.25) is 0 Å². The Balaban J connectivity index is 1.90. The standard InChI is InChI=1S/C10H14N2O4S/c13-8(7-4-17-10(16)12-7)11-6-3-1-2-5(6)9(14)15/h5-7H,1-4H2,(H,11,13)(H,12,16)(H,14,15). The van der Waals surface area contributed by atoms with Gasteiger partial charge in [-0.05, 0) is 12.8 Å². The Kier molecular flexibility index (Phi) is 3.56. The summed E-state index contributed by atoms with van der Waals surface area (Å²) < 4.78 is 0. The van der Waals surface area contributed by atoms with Crippen molar-refractivity contribution in [3.63, 3.8) is 0 Å². The van der Waals surface area contributed by atoms with E-state index in [0.29, 0.717) is 18.6 Å². The van der Waals surface area contributed by atoms with Gasteiger partial charge in [0.05, 0.1) is 5.92 Å². The number of amides is 2. The Morgan fingerprint density at radius 1 is 1.41 bits per heavy atom. The molecule has 0 aromatic rings. The molecule has 2 aliphatic rings. The van der Waals surface area contributed by atoms with Crippen molar-refractivity contribution in [1.29, 1.82) is 0 Å². The lowest BCUT2D eigenvalue weighted by Crippen LogP contribution is -2.49. The van der Waals surface area contributed by atoms with Crippen molar-refractivity contribution in [3.8, 4) is 0 Å². The molecule has 0 bridgehead atoms. The molecule has 1 aliphatic carbocycles. The molecule has 1 aliphatic heterocycles. The van der Waals surface area contributed by atoms with Crippen molar-refractivity contribution in [2.24, 2.45) is 5.92 Å². The summed E-state index contributed by atoms with van der Waals surface area (Å²) in [6.45, 7) is 0. The molecule has 3 unspecified atom stereocenters. The molecule has 2 amide bonds. The molecule has 0 radical (unpaired) electrons. The summed E-state index contributed by atoms with van der Waals surface area (Å²) in [4.78, 5) is 33.7. The first-order valence-corrected chi connectivity index (χ1v) is 6.53. The topological polar surface area (TPSA) is 95.5 Å². The van der Waals surface area contributed by atoms with Gasteiger partial charge in [0.1, 0.15) is 6.04 Å². The van der Waals surface area contributed by atoms with Crippen molar-refractivity contribution in [3.05, 3.63) is 0 Å². The van der Waals surface area contributed by atoms with E-state index >= 15 is 0 Å². The number of carboxylic acids is 1. The maximum atomic E-state index is 11.8. The summed E-state index contributed by atoms with van der Waals surface area (Å²) in [5, 5.41) is 14.0. The van der Waals surface area contributed by atoms with Crippen molar-refractivity contribution >= 4 is 28.9 Å². The molecule has 0 aromatic carbocycles.